The van der Waals surface area contributed by atoms with Gasteiger partial charge in [0.25, 0.3) is 0 Å². The third-order valence-electron chi connectivity index (χ3n) is 4.84. The molecule has 30 heavy (non-hydrogen) atoms. The number of carbonyl (C=O) groups is 2. The van der Waals surface area contributed by atoms with Crippen molar-refractivity contribution in [3.05, 3.63) is 96.1 Å². The van der Waals surface area contributed by atoms with Gasteiger partial charge in [0, 0.05) is 5.56 Å². The molecule has 4 rings (SSSR count). The Hall–Kier alpha value is -4.12. The van der Waals surface area contributed by atoms with Crippen LogP contribution >= 0.6 is 0 Å². The molecular formula is C25H19NO4. The molecule has 5 nitrogen and oxygen atoms in total. The van der Waals surface area contributed by atoms with Crippen LogP contribution in [0.4, 0.5) is 0 Å². The van der Waals surface area contributed by atoms with Gasteiger partial charge in [0.2, 0.25) is 5.91 Å². The summed E-state index contributed by atoms with van der Waals surface area (Å²) in [5.41, 5.74) is 7.25. The van der Waals surface area contributed by atoms with E-state index in [0.717, 1.165) is 10.8 Å². The van der Waals surface area contributed by atoms with Gasteiger partial charge in [-0.25, -0.2) is 4.79 Å². The lowest BCUT2D eigenvalue weighted by atomic mass is 9.94. The van der Waals surface area contributed by atoms with Gasteiger partial charge >= 0.3 is 5.97 Å². The highest BCUT2D eigenvalue weighted by Crippen LogP contribution is 2.33. The summed E-state index contributed by atoms with van der Waals surface area (Å²) < 4.78 is 10.9. The van der Waals surface area contributed by atoms with Crippen LogP contribution in [0.3, 0.4) is 0 Å². The number of ether oxygens (including phenoxy) is 2. The minimum Gasteiger partial charge on any atom is -0.465 e. The SMILES string of the molecule is COC(=O)c1ccccc1-c1cc(Oc2ccc3ccccc3c2)ccc1C(N)=O. The van der Waals surface area contributed by atoms with Crippen LogP contribution in [0, 0.1) is 0 Å². The molecule has 0 aliphatic carbocycles. The summed E-state index contributed by atoms with van der Waals surface area (Å²) in [4.78, 5) is 24.2. The predicted octanol–water partition coefficient (Wildman–Crippen LogP) is 5.18. The maximum Gasteiger partial charge on any atom is 0.338 e. The van der Waals surface area contributed by atoms with Crippen molar-refractivity contribution in [2.75, 3.05) is 7.11 Å². The van der Waals surface area contributed by atoms with E-state index >= 15 is 0 Å². The van der Waals surface area contributed by atoms with E-state index < -0.39 is 11.9 Å². The number of carbonyl (C=O) groups excluding carboxylic acids is 2. The molecule has 0 aliphatic heterocycles. The molecule has 0 aromatic heterocycles. The van der Waals surface area contributed by atoms with Crippen molar-refractivity contribution in [3.8, 4) is 22.6 Å². The molecule has 0 fully saturated rings. The Labute approximate surface area is 173 Å². The van der Waals surface area contributed by atoms with Gasteiger partial charge in [0.1, 0.15) is 11.5 Å². The van der Waals surface area contributed by atoms with Crippen molar-refractivity contribution in [3.63, 3.8) is 0 Å². The van der Waals surface area contributed by atoms with Crippen molar-refractivity contribution in [2.45, 2.75) is 0 Å². The molecule has 0 heterocycles. The largest absolute Gasteiger partial charge is 0.465 e. The second-order valence-corrected chi connectivity index (χ2v) is 6.72. The first kappa shape index (κ1) is 19.2. The van der Waals surface area contributed by atoms with Crippen LogP contribution in [-0.2, 0) is 4.74 Å². The van der Waals surface area contributed by atoms with E-state index in [1.807, 2.05) is 42.5 Å². The number of primary amides is 1. The average Bonchev–Trinajstić information content (AvgIpc) is 2.78. The minimum absolute atomic E-state index is 0.289. The van der Waals surface area contributed by atoms with Crippen LogP contribution < -0.4 is 10.5 Å². The number of methoxy groups -OCH3 is 1. The summed E-state index contributed by atoms with van der Waals surface area (Å²) in [6.45, 7) is 0. The first-order chi connectivity index (χ1) is 14.6. The third-order valence-corrected chi connectivity index (χ3v) is 4.84. The summed E-state index contributed by atoms with van der Waals surface area (Å²) in [5.74, 6) is 0.0847. The fourth-order valence-electron chi connectivity index (χ4n) is 3.40. The Morgan fingerprint density at radius 3 is 2.13 bits per heavy atom. The molecule has 5 heteroatoms. The second kappa shape index (κ2) is 8.09. The first-order valence-electron chi connectivity index (χ1n) is 9.35. The number of nitrogens with two attached hydrogens (primary N) is 1. The number of rotatable bonds is 5. The zero-order valence-electron chi connectivity index (χ0n) is 16.3. The molecule has 0 saturated carbocycles. The van der Waals surface area contributed by atoms with E-state index in [9.17, 15) is 9.59 Å². The van der Waals surface area contributed by atoms with Crippen molar-refractivity contribution in [1.29, 1.82) is 0 Å². The van der Waals surface area contributed by atoms with Gasteiger partial charge in [-0.15, -0.1) is 0 Å². The lowest BCUT2D eigenvalue weighted by Gasteiger charge is -2.14. The van der Waals surface area contributed by atoms with Crippen LogP contribution in [0.2, 0.25) is 0 Å². The zero-order valence-corrected chi connectivity index (χ0v) is 16.3. The lowest BCUT2D eigenvalue weighted by molar-refractivity contribution is 0.0601. The topological polar surface area (TPSA) is 78.6 Å². The standard InChI is InChI=1S/C25H19NO4/c1-29-25(28)22-9-5-4-8-20(22)23-15-19(12-13-21(23)24(26)27)30-18-11-10-16-6-2-3-7-17(16)14-18/h2-15H,1H3,(H2,26,27). The average molecular weight is 397 g/mol. The summed E-state index contributed by atoms with van der Waals surface area (Å²) in [6.07, 6.45) is 0. The number of hydrogen-bond acceptors (Lipinski definition) is 4. The molecule has 2 N–H and O–H groups in total. The number of fused-ring (bicyclic) bond motifs is 1. The van der Waals surface area contributed by atoms with Crippen molar-refractivity contribution < 1.29 is 19.1 Å². The van der Waals surface area contributed by atoms with Crippen LogP contribution in [0.25, 0.3) is 21.9 Å². The molecule has 4 aromatic carbocycles. The van der Waals surface area contributed by atoms with Crippen molar-refractivity contribution >= 4 is 22.6 Å². The molecule has 0 spiro atoms. The normalized spacial score (nSPS) is 10.6. The molecule has 148 valence electrons. The van der Waals surface area contributed by atoms with Gasteiger partial charge in [-0.2, -0.15) is 0 Å². The van der Waals surface area contributed by atoms with E-state index in [1.165, 1.54) is 7.11 Å². The van der Waals surface area contributed by atoms with Gasteiger partial charge in [-0.05, 0) is 58.3 Å². The zero-order chi connectivity index (χ0) is 21.1. The van der Waals surface area contributed by atoms with Gasteiger partial charge in [0.05, 0.1) is 12.7 Å². The molecular weight excluding hydrogens is 378 g/mol. The molecule has 1 amide bonds. The summed E-state index contributed by atoms with van der Waals surface area (Å²) >= 11 is 0. The summed E-state index contributed by atoms with van der Waals surface area (Å²) in [5, 5.41) is 2.17. The van der Waals surface area contributed by atoms with Gasteiger partial charge < -0.3 is 15.2 Å². The van der Waals surface area contributed by atoms with Crippen LogP contribution in [0.1, 0.15) is 20.7 Å². The maximum atomic E-state index is 12.2. The molecule has 0 aliphatic rings. The van der Waals surface area contributed by atoms with Crippen LogP contribution in [0.5, 0.6) is 11.5 Å². The first-order valence-corrected chi connectivity index (χ1v) is 9.35. The van der Waals surface area contributed by atoms with E-state index in [2.05, 4.69) is 0 Å². The van der Waals surface area contributed by atoms with Gasteiger partial charge in [-0.3, -0.25) is 4.79 Å². The number of esters is 1. The third kappa shape index (κ3) is 3.73. The fourth-order valence-corrected chi connectivity index (χ4v) is 3.40. The lowest BCUT2D eigenvalue weighted by Crippen LogP contribution is -2.13. The highest BCUT2D eigenvalue weighted by Gasteiger charge is 2.18. The summed E-state index contributed by atoms with van der Waals surface area (Å²) in [6, 6.07) is 25.7. The molecule has 0 bridgehead atoms. The monoisotopic (exact) mass is 397 g/mol. The predicted molar refractivity (Wildman–Crippen MR) is 116 cm³/mol. The highest BCUT2D eigenvalue weighted by molar-refractivity contribution is 6.04. The Kier molecular flexibility index (Phi) is 5.18. The van der Waals surface area contributed by atoms with Gasteiger partial charge in [-0.1, -0.05) is 48.5 Å². The molecule has 0 saturated heterocycles. The van der Waals surface area contributed by atoms with E-state index in [1.54, 1.807) is 42.5 Å². The Bertz CT molecular complexity index is 1260. The Balaban J connectivity index is 1.79. The molecule has 0 radical (unpaired) electrons. The number of amides is 1. The molecule has 0 unspecified atom stereocenters. The van der Waals surface area contributed by atoms with E-state index in [0.29, 0.717) is 28.2 Å². The van der Waals surface area contributed by atoms with Crippen LogP contribution in [-0.4, -0.2) is 19.0 Å². The summed E-state index contributed by atoms with van der Waals surface area (Å²) in [7, 11) is 1.31. The highest BCUT2D eigenvalue weighted by atomic mass is 16.5. The molecule has 0 atom stereocenters. The Morgan fingerprint density at radius 1 is 0.700 bits per heavy atom. The Morgan fingerprint density at radius 2 is 1.37 bits per heavy atom. The van der Waals surface area contributed by atoms with E-state index in [4.69, 9.17) is 15.2 Å². The van der Waals surface area contributed by atoms with Crippen LogP contribution in [0.15, 0.2) is 84.9 Å². The number of benzene rings is 4. The maximum absolute atomic E-state index is 12.2. The van der Waals surface area contributed by atoms with Gasteiger partial charge in [0.15, 0.2) is 0 Å². The minimum atomic E-state index is -0.595. The second-order valence-electron chi connectivity index (χ2n) is 6.72. The quantitative estimate of drug-likeness (QED) is 0.470. The number of hydrogen-bond donors (Lipinski definition) is 1. The van der Waals surface area contributed by atoms with Crippen molar-refractivity contribution in [1.82, 2.24) is 0 Å². The smallest absolute Gasteiger partial charge is 0.338 e. The molecule has 4 aromatic rings. The fraction of sp³-hybridized carbons (Fsp3) is 0.0400. The van der Waals surface area contributed by atoms with E-state index in [-0.39, 0.29) is 5.56 Å². The van der Waals surface area contributed by atoms with Crippen molar-refractivity contribution in [2.24, 2.45) is 5.73 Å².